The topological polar surface area (TPSA) is 9.23 Å². The van der Waals surface area contributed by atoms with Gasteiger partial charge in [0.05, 0.1) is 0 Å². The lowest BCUT2D eigenvalue weighted by Crippen LogP contribution is -2.57. The first-order valence-corrected chi connectivity index (χ1v) is 5.68. The molecule has 1 aromatic rings. The van der Waals surface area contributed by atoms with Gasteiger partial charge in [-0.05, 0) is 6.42 Å². The fraction of sp³-hybridized carbons (Fsp3) is 0.500. The Morgan fingerprint density at radius 2 is 1.45 bits per heavy atom. The molecule has 0 spiro atoms. The Kier molecular flexibility index (Phi) is 4.79. The van der Waals surface area contributed by atoms with E-state index in [1.54, 1.807) is 0 Å². The monoisotopic (exact) mass is 296 g/mol. The summed E-state index contributed by atoms with van der Waals surface area (Å²) in [5.41, 5.74) is -5.49. The zero-order chi connectivity index (χ0) is 15.6. The van der Waals surface area contributed by atoms with E-state index in [1.165, 1.54) is 13.0 Å². The average Bonchev–Trinajstić information content (AvgIpc) is 2.33. The van der Waals surface area contributed by atoms with Gasteiger partial charge in [0.2, 0.25) is 0 Å². The number of hydrogen-bond donors (Lipinski definition) is 0. The van der Waals surface area contributed by atoms with E-state index < -0.39 is 29.5 Å². The fourth-order valence-electron chi connectivity index (χ4n) is 1.67. The molecule has 0 heterocycles. The molecule has 1 aromatic carbocycles. The van der Waals surface area contributed by atoms with Gasteiger partial charge >= 0.3 is 12.4 Å². The lowest BCUT2D eigenvalue weighted by atomic mass is 9.89. The van der Waals surface area contributed by atoms with Gasteiger partial charge in [-0.25, -0.2) is 0 Å². The second-order valence-corrected chi connectivity index (χ2v) is 4.11. The van der Waals surface area contributed by atoms with Gasteiger partial charge in [-0.1, -0.05) is 37.3 Å². The van der Waals surface area contributed by atoms with Gasteiger partial charge in [0.15, 0.2) is 0 Å². The summed E-state index contributed by atoms with van der Waals surface area (Å²) < 4.78 is 83.1. The van der Waals surface area contributed by atoms with Crippen LogP contribution in [-0.4, -0.2) is 26.2 Å². The second kappa shape index (κ2) is 5.67. The smallest absolute Gasteiger partial charge is 0.361 e. The Morgan fingerprint density at radius 3 is 1.80 bits per heavy atom. The van der Waals surface area contributed by atoms with Gasteiger partial charge in [0.1, 0.15) is 7.85 Å². The van der Waals surface area contributed by atoms with Crippen LogP contribution in [0.1, 0.15) is 18.9 Å². The molecule has 0 N–H and O–H groups in total. The lowest BCUT2D eigenvalue weighted by molar-refractivity contribution is -0.393. The first-order chi connectivity index (χ1) is 9.06. The highest BCUT2D eigenvalue weighted by atomic mass is 19.4. The van der Waals surface area contributed by atoms with Crippen molar-refractivity contribution in [1.29, 1.82) is 0 Å². The van der Waals surface area contributed by atoms with Crippen molar-refractivity contribution >= 4 is 7.85 Å². The largest absolute Gasteiger partial charge is 0.430 e. The van der Waals surface area contributed by atoms with E-state index in [2.05, 4.69) is 4.74 Å². The maximum Gasteiger partial charge on any atom is 0.430 e. The molecule has 2 radical (unpaired) electrons. The van der Waals surface area contributed by atoms with Gasteiger partial charge in [-0.3, -0.25) is 0 Å². The molecular formula is C12H11BF6O. The van der Waals surface area contributed by atoms with E-state index in [0.29, 0.717) is 12.1 Å². The SMILES string of the molecule is [B]C(CC)OC(c1ccccc1)(C(F)(F)F)C(F)(F)F. The summed E-state index contributed by atoms with van der Waals surface area (Å²) in [7, 11) is 5.17. The van der Waals surface area contributed by atoms with Crippen LogP contribution in [0.5, 0.6) is 0 Å². The highest BCUT2D eigenvalue weighted by molar-refractivity contribution is 6.11. The quantitative estimate of drug-likeness (QED) is 0.604. The summed E-state index contributed by atoms with van der Waals surface area (Å²) in [5.74, 6) is 0. The number of alkyl halides is 6. The van der Waals surface area contributed by atoms with Crippen molar-refractivity contribution in [3.8, 4) is 0 Å². The normalized spacial score (nSPS) is 15.2. The van der Waals surface area contributed by atoms with Crippen molar-refractivity contribution in [2.75, 3.05) is 0 Å². The van der Waals surface area contributed by atoms with Gasteiger partial charge < -0.3 is 4.74 Å². The highest BCUT2D eigenvalue weighted by Gasteiger charge is 2.73. The summed E-state index contributed by atoms with van der Waals surface area (Å²) in [5, 5.41) is 0. The van der Waals surface area contributed by atoms with Gasteiger partial charge in [-0.15, -0.1) is 0 Å². The van der Waals surface area contributed by atoms with Crippen LogP contribution in [0.25, 0.3) is 0 Å². The molecule has 20 heavy (non-hydrogen) atoms. The van der Waals surface area contributed by atoms with E-state index in [-0.39, 0.29) is 6.42 Å². The molecule has 0 aliphatic heterocycles. The molecule has 0 fully saturated rings. The number of ether oxygens (including phenoxy) is 1. The summed E-state index contributed by atoms with van der Waals surface area (Å²) in [4.78, 5) is 0. The molecule has 1 atom stereocenters. The highest BCUT2D eigenvalue weighted by Crippen LogP contribution is 2.53. The molecule has 1 unspecified atom stereocenters. The third-order valence-electron chi connectivity index (χ3n) is 2.71. The Hall–Kier alpha value is -1.18. The van der Waals surface area contributed by atoms with Crippen LogP contribution >= 0.6 is 0 Å². The Labute approximate surface area is 113 Å². The van der Waals surface area contributed by atoms with Crippen LogP contribution < -0.4 is 0 Å². The Bertz CT molecular complexity index is 414. The number of benzene rings is 1. The predicted octanol–water partition coefficient (Wildman–Crippen LogP) is 3.93. The molecule has 0 saturated heterocycles. The van der Waals surface area contributed by atoms with Crippen molar-refractivity contribution in [3.05, 3.63) is 35.9 Å². The minimum absolute atomic E-state index is 0.194. The van der Waals surface area contributed by atoms with E-state index in [4.69, 9.17) is 7.85 Å². The molecule has 110 valence electrons. The molecule has 1 nitrogen and oxygen atoms in total. The van der Waals surface area contributed by atoms with E-state index in [1.807, 2.05) is 0 Å². The van der Waals surface area contributed by atoms with E-state index in [0.717, 1.165) is 12.1 Å². The standard InChI is InChI=1S/C12H11BF6O/c1-2-9(13)20-10(11(14,15)16,12(17,18)19)8-6-4-3-5-7-8/h3-7,9H,2H2,1H3. The minimum Gasteiger partial charge on any atom is -0.361 e. The molecule has 0 saturated carbocycles. The van der Waals surface area contributed by atoms with Gasteiger partial charge in [-0.2, -0.15) is 26.3 Å². The van der Waals surface area contributed by atoms with Crippen LogP contribution in [0.3, 0.4) is 0 Å². The first kappa shape index (κ1) is 16.9. The molecule has 0 bridgehead atoms. The fourth-order valence-corrected chi connectivity index (χ4v) is 1.67. The minimum atomic E-state index is -5.70. The van der Waals surface area contributed by atoms with E-state index >= 15 is 0 Å². The van der Waals surface area contributed by atoms with Crippen LogP contribution in [0.4, 0.5) is 26.3 Å². The summed E-state index contributed by atoms with van der Waals surface area (Å²) in [6.07, 6.45) is -11.6. The summed E-state index contributed by atoms with van der Waals surface area (Å²) in [6, 6.07) is 3.18. The van der Waals surface area contributed by atoms with Crippen LogP contribution in [0.2, 0.25) is 0 Å². The molecular weight excluding hydrogens is 285 g/mol. The maximum absolute atomic E-state index is 13.2. The summed E-state index contributed by atoms with van der Waals surface area (Å²) in [6.45, 7) is 1.33. The van der Waals surface area contributed by atoms with Crippen molar-refractivity contribution in [2.45, 2.75) is 37.3 Å². The number of halogens is 6. The molecule has 0 aromatic heterocycles. The Balaban J connectivity index is 3.51. The van der Waals surface area contributed by atoms with Crippen LogP contribution in [-0.2, 0) is 10.3 Å². The lowest BCUT2D eigenvalue weighted by Gasteiger charge is -2.39. The number of rotatable bonds is 4. The predicted molar refractivity (Wildman–Crippen MR) is 61.1 cm³/mol. The zero-order valence-corrected chi connectivity index (χ0v) is 10.4. The van der Waals surface area contributed by atoms with Crippen molar-refractivity contribution in [3.63, 3.8) is 0 Å². The molecule has 0 aliphatic rings. The maximum atomic E-state index is 13.2. The van der Waals surface area contributed by atoms with Gasteiger partial charge in [0.25, 0.3) is 5.60 Å². The third-order valence-corrected chi connectivity index (χ3v) is 2.71. The average molecular weight is 296 g/mol. The van der Waals surface area contributed by atoms with Crippen molar-refractivity contribution < 1.29 is 31.1 Å². The van der Waals surface area contributed by atoms with Crippen molar-refractivity contribution in [1.82, 2.24) is 0 Å². The van der Waals surface area contributed by atoms with Crippen molar-refractivity contribution in [2.24, 2.45) is 0 Å². The zero-order valence-electron chi connectivity index (χ0n) is 10.4. The van der Waals surface area contributed by atoms with Gasteiger partial charge in [0, 0.05) is 11.6 Å². The second-order valence-electron chi connectivity index (χ2n) is 4.11. The molecule has 0 aliphatic carbocycles. The Morgan fingerprint density at radius 1 is 1.00 bits per heavy atom. The summed E-state index contributed by atoms with van der Waals surface area (Å²) >= 11 is 0. The third kappa shape index (κ3) is 2.94. The number of hydrogen-bond acceptors (Lipinski definition) is 1. The van der Waals surface area contributed by atoms with Crippen LogP contribution in [0.15, 0.2) is 30.3 Å². The van der Waals surface area contributed by atoms with E-state index in [9.17, 15) is 26.3 Å². The van der Waals surface area contributed by atoms with Crippen LogP contribution in [0, 0.1) is 0 Å². The first-order valence-electron chi connectivity index (χ1n) is 5.68. The molecule has 0 amide bonds. The molecule has 8 heteroatoms. The molecule has 1 rings (SSSR count).